The third-order valence-electron chi connectivity index (χ3n) is 6.39. The second-order valence-electron chi connectivity index (χ2n) is 8.98. The second kappa shape index (κ2) is 11.6. The normalized spacial score (nSPS) is 13.6. The number of phenols is 1. The molecule has 0 spiro atoms. The first-order chi connectivity index (χ1) is 19.4. The maximum Gasteiger partial charge on any atom is 0.255 e. The van der Waals surface area contributed by atoms with E-state index in [9.17, 15) is 41.9 Å². The number of carbonyl (C=O) groups excluding carboxylic acids is 1. The third kappa shape index (κ3) is 5.90. The van der Waals surface area contributed by atoms with Crippen LogP contribution >= 0.6 is 11.6 Å². The maximum atomic E-state index is 14.5. The molecule has 2 atom stereocenters. The minimum absolute atomic E-state index is 0.0161. The molecule has 1 amide bonds. The molecule has 4 aromatic rings. The molecular weight excluding hydrogens is 581 g/mol. The van der Waals surface area contributed by atoms with Gasteiger partial charge < -0.3 is 15.5 Å². The van der Waals surface area contributed by atoms with Crippen LogP contribution in [-0.2, 0) is 15.4 Å². The number of hydrogen-bond donors (Lipinski definition) is 3. The summed E-state index contributed by atoms with van der Waals surface area (Å²) in [6.07, 6.45) is 0. The molecule has 0 saturated heterocycles. The van der Waals surface area contributed by atoms with Crippen molar-refractivity contribution in [1.82, 2.24) is 5.32 Å². The van der Waals surface area contributed by atoms with Gasteiger partial charge in [0.25, 0.3) is 5.91 Å². The van der Waals surface area contributed by atoms with E-state index in [-0.39, 0.29) is 21.7 Å². The fourth-order valence-electron chi connectivity index (χ4n) is 4.34. The van der Waals surface area contributed by atoms with Gasteiger partial charge in [0.1, 0.15) is 28.5 Å². The first kappa shape index (κ1) is 29.6. The number of sulfone groups is 1. The van der Waals surface area contributed by atoms with Crippen molar-refractivity contribution >= 4 is 27.3 Å². The molecule has 210 valence electrons. The zero-order valence-electron chi connectivity index (χ0n) is 20.9. The number of para-hydroxylation sites is 1. The monoisotopic (exact) mass is 600 g/mol. The van der Waals surface area contributed by atoms with Gasteiger partial charge in [0, 0.05) is 0 Å². The van der Waals surface area contributed by atoms with Gasteiger partial charge in [-0.05, 0) is 71.8 Å². The number of benzene rings is 4. The maximum absolute atomic E-state index is 14.5. The fourth-order valence-corrected chi connectivity index (χ4v) is 6.60. The summed E-state index contributed by atoms with van der Waals surface area (Å²) in [5, 5.41) is 31.7. The number of aliphatic hydroxyl groups is 1. The Balaban J connectivity index is 1.96. The molecule has 4 aromatic carbocycles. The van der Waals surface area contributed by atoms with Crippen LogP contribution in [0.25, 0.3) is 0 Å². The Hall–Kier alpha value is -4.37. The molecule has 0 aliphatic carbocycles. The smallest absolute Gasteiger partial charge is 0.255 e. The van der Waals surface area contributed by atoms with Crippen molar-refractivity contribution in [2.45, 2.75) is 15.7 Å². The predicted octanol–water partition coefficient (Wildman–Crippen LogP) is 5.17. The minimum atomic E-state index is -4.73. The van der Waals surface area contributed by atoms with Crippen LogP contribution in [0, 0.1) is 28.8 Å². The highest BCUT2D eigenvalue weighted by atomic mass is 35.5. The molecular formula is C29H20ClF3N2O5S. The predicted molar refractivity (Wildman–Crippen MR) is 143 cm³/mol. The Kier molecular flexibility index (Phi) is 8.39. The lowest BCUT2D eigenvalue weighted by Crippen LogP contribution is -2.47. The molecule has 0 bridgehead atoms. The van der Waals surface area contributed by atoms with Gasteiger partial charge in [-0.1, -0.05) is 35.9 Å². The molecule has 3 N–H and O–H groups in total. The summed E-state index contributed by atoms with van der Waals surface area (Å²) in [5.41, 5.74) is -3.57. The summed E-state index contributed by atoms with van der Waals surface area (Å²) in [5.74, 6) is -4.76. The molecule has 0 aliphatic rings. The molecule has 41 heavy (non-hydrogen) atoms. The Bertz CT molecular complexity index is 1780. The first-order valence-corrected chi connectivity index (χ1v) is 13.7. The van der Waals surface area contributed by atoms with Crippen molar-refractivity contribution in [3.05, 3.63) is 130 Å². The molecule has 0 saturated carbocycles. The van der Waals surface area contributed by atoms with Crippen LogP contribution in [0.5, 0.6) is 5.75 Å². The highest BCUT2D eigenvalue weighted by Crippen LogP contribution is 2.45. The van der Waals surface area contributed by atoms with Gasteiger partial charge >= 0.3 is 0 Å². The minimum Gasteiger partial charge on any atom is -0.507 e. The molecule has 0 aromatic heterocycles. The number of nitrogens with zero attached hydrogens (tertiary/aromatic N) is 1. The number of halogens is 4. The van der Waals surface area contributed by atoms with E-state index in [0.717, 1.165) is 36.4 Å². The lowest BCUT2D eigenvalue weighted by Gasteiger charge is -2.37. The van der Waals surface area contributed by atoms with Crippen LogP contribution in [0.15, 0.2) is 89.8 Å². The van der Waals surface area contributed by atoms with Crippen LogP contribution in [-0.4, -0.2) is 31.1 Å². The average Bonchev–Trinajstić information content (AvgIpc) is 2.94. The number of hydrogen-bond acceptors (Lipinski definition) is 6. The van der Waals surface area contributed by atoms with E-state index >= 15 is 0 Å². The van der Waals surface area contributed by atoms with Gasteiger partial charge in [-0.3, -0.25) is 4.79 Å². The number of phenolic OH excluding ortho intramolecular Hbond substituents is 1. The zero-order chi connectivity index (χ0) is 29.9. The van der Waals surface area contributed by atoms with Gasteiger partial charge in [0.2, 0.25) is 0 Å². The highest BCUT2D eigenvalue weighted by molar-refractivity contribution is 7.91. The summed E-state index contributed by atoms with van der Waals surface area (Å²) >= 11 is 6.20. The molecule has 0 fully saturated rings. The Morgan fingerprint density at radius 3 is 2.27 bits per heavy atom. The summed E-state index contributed by atoms with van der Waals surface area (Å²) < 4.78 is 70.3. The van der Waals surface area contributed by atoms with Gasteiger partial charge in [0.15, 0.2) is 21.5 Å². The summed E-state index contributed by atoms with van der Waals surface area (Å²) in [4.78, 5) is 12.5. The van der Waals surface area contributed by atoms with E-state index < -0.39 is 66.8 Å². The van der Waals surface area contributed by atoms with E-state index in [2.05, 4.69) is 5.32 Å². The van der Waals surface area contributed by atoms with Gasteiger partial charge in [0.05, 0.1) is 27.6 Å². The molecule has 7 nitrogen and oxygen atoms in total. The lowest BCUT2D eigenvalue weighted by molar-refractivity contribution is 0.0295. The average molecular weight is 601 g/mol. The summed E-state index contributed by atoms with van der Waals surface area (Å²) in [6, 6.07) is 16.6. The molecule has 0 aliphatic heterocycles. The first-order valence-electron chi connectivity index (χ1n) is 11.8. The van der Waals surface area contributed by atoms with Crippen molar-refractivity contribution in [2.75, 3.05) is 6.54 Å². The van der Waals surface area contributed by atoms with Crippen molar-refractivity contribution in [2.24, 2.45) is 0 Å². The second-order valence-corrected chi connectivity index (χ2v) is 11.4. The number of rotatable bonds is 8. The highest BCUT2D eigenvalue weighted by Gasteiger charge is 2.49. The number of carbonyl (C=O) groups is 1. The Morgan fingerprint density at radius 2 is 1.66 bits per heavy atom. The van der Waals surface area contributed by atoms with Crippen LogP contribution in [0.1, 0.15) is 32.3 Å². The standard InChI is InChI=1S/C29H20ClF3N2O5S/c30-23-13-17(5-6-18(23)15-34)27(41(39,40)21-10-8-20(31)9-11-21)29(38,19-7-12-24(32)25(33)14-19)16-35-28(37)22-3-1-2-4-26(22)36/h1-14,27,36,38H,16H2,(H,35,37). The number of aromatic hydroxyl groups is 1. The van der Waals surface area contributed by atoms with Crippen molar-refractivity contribution in [3.63, 3.8) is 0 Å². The molecule has 4 rings (SSSR count). The van der Waals surface area contributed by atoms with E-state index in [1.165, 1.54) is 36.4 Å². The molecule has 12 heteroatoms. The van der Waals surface area contributed by atoms with Crippen LogP contribution < -0.4 is 5.32 Å². The Labute approximate surface area is 238 Å². The van der Waals surface area contributed by atoms with Crippen molar-refractivity contribution in [1.29, 1.82) is 5.26 Å². The molecule has 0 heterocycles. The van der Waals surface area contributed by atoms with E-state index in [0.29, 0.717) is 12.1 Å². The quantitative estimate of drug-likeness (QED) is 0.240. The third-order valence-corrected chi connectivity index (χ3v) is 8.91. The SMILES string of the molecule is N#Cc1ccc(C(C(O)(CNC(=O)c2ccccc2O)c2ccc(F)c(F)c2)S(=O)(=O)c2ccc(F)cc2)cc1Cl. The van der Waals surface area contributed by atoms with Crippen LogP contribution in [0.3, 0.4) is 0 Å². The summed E-state index contributed by atoms with van der Waals surface area (Å²) in [7, 11) is -4.73. The zero-order valence-corrected chi connectivity index (χ0v) is 22.4. The van der Waals surface area contributed by atoms with Crippen molar-refractivity contribution < 1.29 is 36.6 Å². The molecule has 0 radical (unpaired) electrons. The fraction of sp³-hybridized carbons (Fsp3) is 0.103. The van der Waals surface area contributed by atoms with Crippen molar-refractivity contribution in [3.8, 4) is 11.8 Å². The lowest BCUT2D eigenvalue weighted by atomic mass is 9.86. The summed E-state index contributed by atoms with van der Waals surface area (Å²) in [6.45, 7) is -0.895. The van der Waals surface area contributed by atoms with E-state index in [1.54, 1.807) is 0 Å². The Morgan fingerprint density at radius 1 is 0.976 bits per heavy atom. The number of amides is 1. The van der Waals surface area contributed by atoms with Gasteiger partial charge in [-0.25, -0.2) is 21.6 Å². The number of nitrogens with one attached hydrogen (secondary N) is 1. The van der Waals surface area contributed by atoms with Gasteiger partial charge in [-0.2, -0.15) is 5.26 Å². The van der Waals surface area contributed by atoms with Gasteiger partial charge in [-0.15, -0.1) is 0 Å². The van der Waals surface area contributed by atoms with Crippen LogP contribution in [0.4, 0.5) is 13.2 Å². The largest absolute Gasteiger partial charge is 0.507 e. The van der Waals surface area contributed by atoms with Crippen LogP contribution in [0.2, 0.25) is 5.02 Å². The topological polar surface area (TPSA) is 127 Å². The van der Waals surface area contributed by atoms with E-state index in [1.807, 2.05) is 6.07 Å². The number of nitriles is 1. The van der Waals surface area contributed by atoms with E-state index in [4.69, 9.17) is 11.6 Å². The molecule has 2 unspecified atom stereocenters.